The van der Waals surface area contributed by atoms with Gasteiger partial charge in [-0.05, 0) is 31.9 Å². The molecule has 1 aromatic rings. The number of hydrogen-bond acceptors (Lipinski definition) is 1. The van der Waals surface area contributed by atoms with Crippen LogP contribution in [0.15, 0.2) is 0 Å². The third-order valence-corrected chi connectivity index (χ3v) is 2.12. The molecule has 0 aromatic carbocycles. The van der Waals surface area contributed by atoms with Gasteiger partial charge in [0.2, 0.25) is 0 Å². The standard InChI is InChI=1S/C8H9ClN/c1-5-6(2)8(9)4-10-7(5)3/h1-3H3. The van der Waals surface area contributed by atoms with Crippen molar-refractivity contribution in [2.75, 3.05) is 0 Å². The topological polar surface area (TPSA) is 12.9 Å². The van der Waals surface area contributed by atoms with Crippen molar-refractivity contribution in [2.24, 2.45) is 0 Å². The molecule has 0 aliphatic heterocycles. The highest BCUT2D eigenvalue weighted by molar-refractivity contribution is 6.31. The van der Waals surface area contributed by atoms with Crippen LogP contribution < -0.4 is 0 Å². The van der Waals surface area contributed by atoms with E-state index in [1.165, 1.54) is 0 Å². The molecule has 1 nitrogen and oxygen atoms in total. The van der Waals surface area contributed by atoms with Crippen molar-refractivity contribution >= 4 is 11.6 Å². The molecule has 0 spiro atoms. The van der Waals surface area contributed by atoms with Crippen LogP contribution in [0.4, 0.5) is 0 Å². The van der Waals surface area contributed by atoms with Crippen molar-refractivity contribution in [3.05, 3.63) is 28.0 Å². The van der Waals surface area contributed by atoms with Gasteiger partial charge in [0.15, 0.2) is 0 Å². The Bertz CT molecular complexity index is 229. The van der Waals surface area contributed by atoms with Gasteiger partial charge < -0.3 is 0 Å². The number of aromatic nitrogens is 1. The summed E-state index contributed by atoms with van der Waals surface area (Å²) in [7, 11) is 0. The molecule has 2 heteroatoms. The van der Waals surface area contributed by atoms with Gasteiger partial charge in [-0.25, -0.2) is 4.98 Å². The fourth-order valence-corrected chi connectivity index (χ4v) is 0.921. The van der Waals surface area contributed by atoms with Gasteiger partial charge in [-0.1, -0.05) is 11.6 Å². The van der Waals surface area contributed by atoms with Gasteiger partial charge in [-0.15, -0.1) is 0 Å². The maximum atomic E-state index is 5.77. The van der Waals surface area contributed by atoms with Crippen LogP contribution >= 0.6 is 11.6 Å². The van der Waals surface area contributed by atoms with Crippen molar-refractivity contribution in [3.8, 4) is 0 Å². The minimum absolute atomic E-state index is 0.628. The van der Waals surface area contributed by atoms with Crippen LogP contribution in [0.3, 0.4) is 0 Å². The summed E-state index contributed by atoms with van der Waals surface area (Å²) in [5, 5.41) is 0.628. The zero-order chi connectivity index (χ0) is 7.72. The molecule has 0 aliphatic carbocycles. The molecule has 0 saturated carbocycles. The summed E-state index contributed by atoms with van der Waals surface area (Å²) in [5.74, 6) is 0. The lowest BCUT2D eigenvalue weighted by molar-refractivity contribution is 1.11. The summed E-state index contributed by atoms with van der Waals surface area (Å²) < 4.78 is 0. The summed E-state index contributed by atoms with van der Waals surface area (Å²) in [6.07, 6.45) is 2.72. The van der Waals surface area contributed by atoms with Crippen LogP contribution in [0.2, 0.25) is 5.02 Å². The molecule has 0 amide bonds. The lowest BCUT2D eigenvalue weighted by atomic mass is 10.1. The molecule has 10 heavy (non-hydrogen) atoms. The van der Waals surface area contributed by atoms with Gasteiger partial charge in [0.1, 0.15) is 6.20 Å². The van der Waals surface area contributed by atoms with Crippen LogP contribution in [-0.4, -0.2) is 4.98 Å². The Labute approximate surface area is 66.0 Å². The second kappa shape index (κ2) is 2.59. The minimum atomic E-state index is 0.628. The van der Waals surface area contributed by atoms with Crippen LogP contribution in [-0.2, 0) is 0 Å². The van der Waals surface area contributed by atoms with Crippen LogP contribution in [0, 0.1) is 27.0 Å². The Morgan fingerprint density at radius 2 is 1.80 bits per heavy atom. The summed E-state index contributed by atoms with van der Waals surface area (Å²) >= 11 is 5.77. The summed E-state index contributed by atoms with van der Waals surface area (Å²) in [6, 6.07) is 0. The van der Waals surface area contributed by atoms with E-state index in [1.807, 2.05) is 20.8 Å². The number of halogens is 1. The Kier molecular flexibility index (Phi) is 1.95. The number of rotatable bonds is 0. The minimum Gasteiger partial charge on any atom is -0.250 e. The van der Waals surface area contributed by atoms with Crippen LogP contribution in [0.1, 0.15) is 16.8 Å². The average molecular weight is 155 g/mol. The predicted molar refractivity (Wildman–Crippen MR) is 42.3 cm³/mol. The van der Waals surface area contributed by atoms with E-state index in [9.17, 15) is 0 Å². The first-order chi connectivity index (χ1) is 4.63. The zero-order valence-corrected chi connectivity index (χ0v) is 7.08. The molecule has 0 bridgehead atoms. The number of hydrogen-bond donors (Lipinski definition) is 0. The second-order valence-electron chi connectivity index (χ2n) is 2.37. The highest BCUT2D eigenvalue weighted by Crippen LogP contribution is 2.17. The number of nitrogens with zero attached hydrogens (tertiary/aromatic N) is 1. The third kappa shape index (κ3) is 1.14. The van der Waals surface area contributed by atoms with Crippen molar-refractivity contribution < 1.29 is 0 Å². The molecule has 0 fully saturated rings. The van der Waals surface area contributed by atoms with E-state index in [1.54, 1.807) is 0 Å². The molecule has 0 unspecified atom stereocenters. The van der Waals surface area contributed by atoms with E-state index >= 15 is 0 Å². The molecule has 53 valence electrons. The van der Waals surface area contributed by atoms with Crippen LogP contribution in [0.25, 0.3) is 0 Å². The van der Waals surface area contributed by atoms with E-state index in [2.05, 4.69) is 11.2 Å². The molecular formula is C8H9ClN. The Morgan fingerprint density at radius 3 is 2.30 bits per heavy atom. The molecule has 1 rings (SSSR count). The van der Waals surface area contributed by atoms with Gasteiger partial charge >= 0.3 is 0 Å². The smallest absolute Gasteiger partial charge is 0.109 e. The van der Waals surface area contributed by atoms with E-state index in [-0.39, 0.29) is 0 Å². The summed E-state index contributed by atoms with van der Waals surface area (Å²) in [5.41, 5.74) is 3.24. The van der Waals surface area contributed by atoms with Crippen molar-refractivity contribution in [1.82, 2.24) is 4.98 Å². The lowest BCUT2D eigenvalue weighted by Crippen LogP contribution is -1.90. The van der Waals surface area contributed by atoms with Crippen LogP contribution in [0.5, 0.6) is 0 Å². The van der Waals surface area contributed by atoms with Gasteiger partial charge in [0.25, 0.3) is 0 Å². The Balaban J connectivity index is 3.34. The highest BCUT2D eigenvalue weighted by Gasteiger charge is 2.01. The van der Waals surface area contributed by atoms with Gasteiger partial charge in [-0.2, -0.15) is 0 Å². The quantitative estimate of drug-likeness (QED) is 0.560. The molecule has 0 aliphatic rings. The fourth-order valence-electron chi connectivity index (χ4n) is 0.737. The molecule has 1 heterocycles. The SMILES string of the molecule is Cc1n[c]c(Cl)c(C)c1C. The molecular weight excluding hydrogens is 146 g/mol. The predicted octanol–water partition coefficient (Wildman–Crippen LogP) is 2.46. The normalized spacial score (nSPS) is 10.0. The monoisotopic (exact) mass is 154 g/mol. The van der Waals surface area contributed by atoms with Crippen molar-refractivity contribution in [1.29, 1.82) is 0 Å². The molecule has 0 atom stereocenters. The maximum Gasteiger partial charge on any atom is 0.109 e. The zero-order valence-electron chi connectivity index (χ0n) is 6.33. The van der Waals surface area contributed by atoms with E-state index in [0.29, 0.717) is 5.02 Å². The first kappa shape index (κ1) is 7.55. The first-order valence-electron chi connectivity index (χ1n) is 3.14. The summed E-state index contributed by atoms with van der Waals surface area (Å²) in [6.45, 7) is 5.94. The van der Waals surface area contributed by atoms with E-state index in [0.717, 1.165) is 16.8 Å². The van der Waals surface area contributed by atoms with Crippen molar-refractivity contribution in [3.63, 3.8) is 0 Å². The highest BCUT2D eigenvalue weighted by atomic mass is 35.5. The lowest BCUT2D eigenvalue weighted by Gasteiger charge is -2.02. The van der Waals surface area contributed by atoms with E-state index < -0.39 is 0 Å². The Hall–Kier alpha value is -0.560. The largest absolute Gasteiger partial charge is 0.250 e. The molecule has 1 aromatic heterocycles. The Morgan fingerprint density at radius 1 is 1.20 bits per heavy atom. The summed E-state index contributed by atoms with van der Waals surface area (Å²) in [4.78, 5) is 3.98. The van der Waals surface area contributed by atoms with Gasteiger partial charge in [0, 0.05) is 5.69 Å². The van der Waals surface area contributed by atoms with Gasteiger partial charge in [-0.3, -0.25) is 0 Å². The second-order valence-corrected chi connectivity index (χ2v) is 2.75. The third-order valence-electron chi connectivity index (χ3n) is 1.76. The number of aryl methyl sites for hydroxylation is 1. The van der Waals surface area contributed by atoms with Gasteiger partial charge in [0.05, 0.1) is 5.02 Å². The van der Waals surface area contributed by atoms with E-state index in [4.69, 9.17) is 11.6 Å². The molecule has 0 saturated heterocycles. The molecule has 1 radical (unpaired) electrons. The maximum absolute atomic E-state index is 5.77. The fraction of sp³-hybridized carbons (Fsp3) is 0.375. The molecule has 0 N–H and O–H groups in total. The average Bonchev–Trinajstić information content (AvgIpc) is 1.93. The first-order valence-corrected chi connectivity index (χ1v) is 3.51. The van der Waals surface area contributed by atoms with Crippen molar-refractivity contribution in [2.45, 2.75) is 20.8 Å². The number of pyridine rings is 1.